The SMILES string of the molecule is O=C(O)C1COc2cc(O)ccc2C1O. The monoisotopic (exact) mass is 210 g/mol. The second-order valence-corrected chi connectivity index (χ2v) is 3.42. The Kier molecular flexibility index (Phi) is 2.24. The number of carboxylic acid groups (broad SMARTS) is 1. The van der Waals surface area contributed by atoms with E-state index in [-0.39, 0.29) is 12.4 Å². The normalized spacial score (nSPS) is 24.1. The molecule has 0 saturated heterocycles. The maximum atomic E-state index is 10.8. The van der Waals surface area contributed by atoms with E-state index in [0.717, 1.165) is 0 Å². The summed E-state index contributed by atoms with van der Waals surface area (Å²) in [5, 5.41) is 27.7. The van der Waals surface area contributed by atoms with Crippen molar-refractivity contribution in [1.29, 1.82) is 0 Å². The maximum absolute atomic E-state index is 10.8. The molecule has 5 nitrogen and oxygen atoms in total. The Hall–Kier alpha value is -1.75. The van der Waals surface area contributed by atoms with Crippen molar-refractivity contribution < 1.29 is 24.9 Å². The fourth-order valence-electron chi connectivity index (χ4n) is 1.59. The van der Waals surface area contributed by atoms with Gasteiger partial charge in [-0.2, -0.15) is 0 Å². The minimum absolute atomic E-state index is 0.0229. The number of ether oxygens (including phenoxy) is 1. The first-order valence-corrected chi connectivity index (χ1v) is 4.46. The maximum Gasteiger partial charge on any atom is 0.313 e. The van der Waals surface area contributed by atoms with Crippen molar-refractivity contribution >= 4 is 5.97 Å². The van der Waals surface area contributed by atoms with Crippen LogP contribution in [-0.4, -0.2) is 27.9 Å². The van der Waals surface area contributed by atoms with Gasteiger partial charge in [-0.25, -0.2) is 0 Å². The van der Waals surface area contributed by atoms with E-state index in [0.29, 0.717) is 11.3 Å². The van der Waals surface area contributed by atoms with Crippen molar-refractivity contribution in [2.45, 2.75) is 6.10 Å². The van der Waals surface area contributed by atoms with E-state index in [4.69, 9.17) is 9.84 Å². The number of aromatic hydroxyl groups is 1. The van der Waals surface area contributed by atoms with Gasteiger partial charge in [-0.1, -0.05) is 0 Å². The number of rotatable bonds is 1. The molecule has 0 radical (unpaired) electrons. The van der Waals surface area contributed by atoms with Crippen molar-refractivity contribution in [3.05, 3.63) is 23.8 Å². The van der Waals surface area contributed by atoms with Crippen LogP contribution >= 0.6 is 0 Å². The van der Waals surface area contributed by atoms with E-state index in [9.17, 15) is 15.0 Å². The van der Waals surface area contributed by atoms with Crippen molar-refractivity contribution in [1.82, 2.24) is 0 Å². The van der Waals surface area contributed by atoms with Crippen molar-refractivity contribution in [3.63, 3.8) is 0 Å². The molecule has 1 aromatic rings. The molecule has 3 N–H and O–H groups in total. The molecule has 1 aliphatic rings. The van der Waals surface area contributed by atoms with Gasteiger partial charge in [0.15, 0.2) is 0 Å². The summed E-state index contributed by atoms with van der Waals surface area (Å²) in [6.45, 7) is -0.0903. The van der Waals surface area contributed by atoms with E-state index in [2.05, 4.69) is 0 Å². The molecule has 1 aliphatic heterocycles. The first-order valence-electron chi connectivity index (χ1n) is 4.46. The van der Waals surface area contributed by atoms with Gasteiger partial charge in [-0.05, 0) is 12.1 Å². The molecule has 1 heterocycles. The van der Waals surface area contributed by atoms with Crippen LogP contribution in [0, 0.1) is 5.92 Å². The zero-order chi connectivity index (χ0) is 11.0. The summed E-state index contributed by atoms with van der Waals surface area (Å²) < 4.78 is 5.15. The minimum Gasteiger partial charge on any atom is -0.508 e. The number of fused-ring (bicyclic) bond motifs is 1. The molecule has 0 saturated carbocycles. The topological polar surface area (TPSA) is 87.0 Å². The van der Waals surface area contributed by atoms with Crippen LogP contribution in [0.15, 0.2) is 18.2 Å². The number of carboxylic acids is 1. The third-order valence-corrected chi connectivity index (χ3v) is 2.43. The highest BCUT2D eigenvalue weighted by Crippen LogP contribution is 2.37. The summed E-state index contributed by atoms with van der Waals surface area (Å²) in [5.74, 6) is -1.70. The first-order chi connectivity index (χ1) is 7.09. The number of benzene rings is 1. The molecule has 0 amide bonds. The van der Waals surface area contributed by atoms with Crippen molar-refractivity contribution in [2.75, 3.05) is 6.61 Å². The Labute approximate surface area is 85.5 Å². The van der Waals surface area contributed by atoms with Crippen molar-refractivity contribution in [3.8, 4) is 11.5 Å². The summed E-state index contributed by atoms with van der Waals surface area (Å²) in [4.78, 5) is 10.8. The highest BCUT2D eigenvalue weighted by molar-refractivity contribution is 5.72. The Morgan fingerprint density at radius 2 is 2.20 bits per heavy atom. The average molecular weight is 210 g/mol. The Bertz CT molecular complexity index is 401. The van der Waals surface area contributed by atoms with Crippen LogP contribution in [0.5, 0.6) is 11.5 Å². The Morgan fingerprint density at radius 3 is 2.87 bits per heavy atom. The largest absolute Gasteiger partial charge is 0.508 e. The molecule has 15 heavy (non-hydrogen) atoms. The summed E-state index contributed by atoms with van der Waals surface area (Å²) in [7, 11) is 0. The second-order valence-electron chi connectivity index (χ2n) is 3.42. The van der Waals surface area contributed by atoms with Gasteiger partial charge in [0, 0.05) is 11.6 Å². The molecule has 0 aromatic heterocycles. The quantitative estimate of drug-likeness (QED) is 0.629. The van der Waals surface area contributed by atoms with E-state index in [1.807, 2.05) is 0 Å². The third kappa shape index (κ3) is 1.61. The van der Waals surface area contributed by atoms with Crippen LogP contribution in [-0.2, 0) is 4.79 Å². The number of aliphatic hydroxyl groups excluding tert-OH is 1. The molecule has 0 fully saturated rings. The van der Waals surface area contributed by atoms with Gasteiger partial charge in [-0.3, -0.25) is 4.79 Å². The molecular formula is C10H10O5. The second kappa shape index (κ2) is 3.43. The summed E-state index contributed by atoms with van der Waals surface area (Å²) in [5.41, 5.74) is 0.395. The van der Waals surface area contributed by atoms with Crippen LogP contribution in [0.2, 0.25) is 0 Å². The van der Waals surface area contributed by atoms with Gasteiger partial charge in [0.05, 0.1) is 6.10 Å². The Morgan fingerprint density at radius 1 is 1.47 bits per heavy atom. The molecule has 0 aliphatic carbocycles. The molecule has 0 bridgehead atoms. The van der Waals surface area contributed by atoms with Crippen molar-refractivity contribution in [2.24, 2.45) is 5.92 Å². The van der Waals surface area contributed by atoms with Gasteiger partial charge < -0.3 is 20.1 Å². The number of aliphatic hydroxyl groups is 1. The molecule has 2 rings (SSSR count). The number of hydrogen-bond acceptors (Lipinski definition) is 4. The smallest absolute Gasteiger partial charge is 0.313 e. The molecule has 2 atom stereocenters. The van der Waals surface area contributed by atoms with Gasteiger partial charge >= 0.3 is 5.97 Å². The van der Waals surface area contributed by atoms with Gasteiger partial charge in [0.2, 0.25) is 0 Å². The lowest BCUT2D eigenvalue weighted by atomic mass is 9.93. The highest BCUT2D eigenvalue weighted by Gasteiger charge is 2.34. The summed E-state index contributed by atoms with van der Waals surface area (Å²) >= 11 is 0. The van der Waals surface area contributed by atoms with Crippen LogP contribution in [0.25, 0.3) is 0 Å². The Balaban J connectivity index is 2.38. The first kappa shape index (κ1) is 9.79. The molecule has 1 aromatic carbocycles. The molecule has 2 unspecified atom stereocenters. The van der Waals surface area contributed by atoms with Crippen LogP contribution in [0.4, 0.5) is 0 Å². The highest BCUT2D eigenvalue weighted by atomic mass is 16.5. The molecule has 80 valence electrons. The fraction of sp³-hybridized carbons (Fsp3) is 0.300. The summed E-state index contributed by atoms with van der Waals surface area (Å²) in [6.07, 6.45) is -1.09. The van der Waals surface area contributed by atoms with Crippen LogP contribution < -0.4 is 4.74 Å². The van der Waals surface area contributed by atoms with E-state index < -0.39 is 18.0 Å². The molecule has 0 spiro atoms. The standard InChI is InChI=1S/C10H10O5/c11-5-1-2-6-8(3-5)15-4-7(9(6)12)10(13)14/h1-3,7,9,11-12H,4H2,(H,13,14). The number of carbonyl (C=O) groups is 1. The number of phenolic OH excluding ortho intramolecular Hbond substituents is 1. The fourth-order valence-corrected chi connectivity index (χ4v) is 1.59. The zero-order valence-electron chi connectivity index (χ0n) is 7.75. The minimum atomic E-state index is -1.10. The van der Waals surface area contributed by atoms with Crippen LogP contribution in [0.1, 0.15) is 11.7 Å². The third-order valence-electron chi connectivity index (χ3n) is 2.43. The van der Waals surface area contributed by atoms with Crippen LogP contribution in [0.3, 0.4) is 0 Å². The predicted octanol–water partition coefficient (Wildman–Crippen LogP) is 0.519. The van der Waals surface area contributed by atoms with E-state index in [1.165, 1.54) is 18.2 Å². The van der Waals surface area contributed by atoms with Gasteiger partial charge in [0.1, 0.15) is 24.0 Å². The number of phenols is 1. The number of hydrogen-bond donors (Lipinski definition) is 3. The summed E-state index contributed by atoms with van der Waals surface area (Å²) in [6, 6.07) is 4.21. The predicted molar refractivity (Wildman–Crippen MR) is 49.7 cm³/mol. The zero-order valence-corrected chi connectivity index (χ0v) is 7.75. The lowest BCUT2D eigenvalue weighted by molar-refractivity contribution is -0.148. The lowest BCUT2D eigenvalue weighted by Gasteiger charge is -2.27. The lowest BCUT2D eigenvalue weighted by Crippen LogP contribution is -2.32. The molecule has 5 heteroatoms. The number of aliphatic carboxylic acids is 1. The molecular weight excluding hydrogens is 200 g/mol. The van der Waals surface area contributed by atoms with Gasteiger partial charge in [0.25, 0.3) is 0 Å². The van der Waals surface area contributed by atoms with E-state index >= 15 is 0 Å². The van der Waals surface area contributed by atoms with Gasteiger partial charge in [-0.15, -0.1) is 0 Å². The van der Waals surface area contributed by atoms with E-state index in [1.54, 1.807) is 0 Å². The average Bonchev–Trinajstić information content (AvgIpc) is 2.17.